The summed E-state index contributed by atoms with van der Waals surface area (Å²) in [5.41, 5.74) is 6.05. The van der Waals surface area contributed by atoms with E-state index >= 15 is 0 Å². The van der Waals surface area contributed by atoms with E-state index in [1.807, 2.05) is 44.2 Å². The van der Waals surface area contributed by atoms with Gasteiger partial charge in [0.15, 0.2) is 0 Å². The summed E-state index contributed by atoms with van der Waals surface area (Å²) in [7, 11) is 0. The Morgan fingerprint density at radius 1 is 1.03 bits per heavy atom. The SMILES string of the molecule is Cc1cncc(-c2ccnc(Nc3cc(NC(=O)c4ccc(CS(=O)[O-])cc4)ccc3C)n2)c1. The Morgan fingerprint density at radius 2 is 1.82 bits per heavy atom. The molecule has 172 valence electrons. The van der Waals surface area contributed by atoms with E-state index < -0.39 is 11.1 Å². The fraction of sp³-hybridized carbons (Fsp3) is 0.120. The molecule has 0 bridgehead atoms. The zero-order valence-corrected chi connectivity index (χ0v) is 19.4. The monoisotopic (exact) mass is 472 g/mol. The number of nitrogens with one attached hydrogen (secondary N) is 2. The summed E-state index contributed by atoms with van der Waals surface area (Å²) >= 11 is -2.17. The number of benzene rings is 2. The number of hydrogen-bond donors (Lipinski definition) is 2. The molecule has 8 nitrogen and oxygen atoms in total. The van der Waals surface area contributed by atoms with E-state index in [9.17, 15) is 13.6 Å². The first kappa shape index (κ1) is 23.2. The maximum atomic E-state index is 12.6. The van der Waals surface area contributed by atoms with Gasteiger partial charge in [0.25, 0.3) is 5.91 Å². The molecular formula is C25H22N5O3S-. The van der Waals surface area contributed by atoms with Crippen molar-refractivity contribution in [2.75, 3.05) is 10.6 Å². The number of carbonyl (C=O) groups excluding carboxylic acids is 1. The number of pyridine rings is 1. The number of amides is 1. The summed E-state index contributed by atoms with van der Waals surface area (Å²) < 4.78 is 21.7. The maximum Gasteiger partial charge on any atom is 0.255 e. The van der Waals surface area contributed by atoms with Crippen LogP contribution in [0.1, 0.15) is 27.0 Å². The molecule has 1 atom stereocenters. The van der Waals surface area contributed by atoms with Crippen molar-refractivity contribution in [1.29, 1.82) is 0 Å². The Morgan fingerprint density at radius 3 is 2.56 bits per heavy atom. The average molecular weight is 473 g/mol. The Labute approximate surface area is 199 Å². The normalized spacial score (nSPS) is 11.6. The van der Waals surface area contributed by atoms with Crippen molar-refractivity contribution in [2.24, 2.45) is 0 Å². The zero-order valence-electron chi connectivity index (χ0n) is 18.6. The van der Waals surface area contributed by atoms with Crippen LogP contribution in [0.2, 0.25) is 0 Å². The van der Waals surface area contributed by atoms with Crippen molar-refractivity contribution < 1.29 is 13.6 Å². The minimum absolute atomic E-state index is 0.0848. The molecular weight excluding hydrogens is 450 g/mol. The molecule has 0 fully saturated rings. The van der Waals surface area contributed by atoms with Gasteiger partial charge in [0.2, 0.25) is 5.95 Å². The van der Waals surface area contributed by atoms with Gasteiger partial charge in [-0.15, -0.1) is 0 Å². The Balaban J connectivity index is 1.50. The highest BCUT2D eigenvalue weighted by Crippen LogP contribution is 2.25. The second-order valence-electron chi connectivity index (χ2n) is 7.77. The predicted molar refractivity (Wildman–Crippen MR) is 131 cm³/mol. The second kappa shape index (κ2) is 10.3. The van der Waals surface area contributed by atoms with Gasteiger partial charge in [-0.2, -0.15) is 0 Å². The van der Waals surface area contributed by atoms with Crippen LogP contribution < -0.4 is 10.6 Å². The first-order chi connectivity index (χ1) is 16.4. The fourth-order valence-electron chi connectivity index (χ4n) is 3.32. The van der Waals surface area contributed by atoms with E-state index in [4.69, 9.17) is 0 Å². The van der Waals surface area contributed by atoms with Gasteiger partial charge in [0, 0.05) is 46.8 Å². The second-order valence-corrected chi connectivity index (χ2v) is 8.67. The minimum Gasteiger partial charge on any atom is -0.772 e. The molecule has 0 saturated heterocycles. The largest absolute Gasteiger partial charge is 0.772 e. The molecule has 2 heterocycles. The Hall–Kier alpha value is -3.95. The summed E-state index contributed by atoms with van der Waals surface area (Å²) in [5.74, 6) is 0.0465. The summed E-state index contributed by atoms with van der Waals surface area (Å²) in [5, 5.41) is 6.09. The third-order valence-corrected chi connectivity index (χ3v) is 5.64. The molecule has 2 aromatic carbocycles. The van der Waals surface area contributed by atoms with Gasteiger partial charge in [0.1, 0.15) is 0 Å². The van der Waals surface area contributed by atoms with Gasteiger partial charge in [-0.05, 0) is 66.9 Å². The first-order valence-corrected chi connectivity index (χ1v) is 11.7. The van der Waals surface area contributed by atoms with Crippen LogP contribution in [-0.4, -0.2) is 29.6 Å². The van der Waals surface area contributed by atoms with Crippen LogP contribution in [-0.2, 0) is 16.8 Å². The highest BCUT2D eigenvalue weighted by atomic mass is 32.2. The van der Waals surface area contributed by atoms with Crippen molar-refractivity contribution in [3.63, 3.8) is 0 Å². The molecule has 0 saturated carbocycles. The van der Waals surface area contributed by atoms with Crippen LogP contribution in [0, 0.1) is 13.8 Å². The van der Waals surface area contributed by atoms with Crippen molar-refractivity contribution in [2.45, 2.75) is 19.6 Å². The fourth-order valence-corrected chi connectivity index (χ4v) is 3.79. The highest BCUT2D eigenvalue weighted by Gasteiger charge is 2.10. The van der Waals surface area contributed by atoms with Crippen LogP contribution in [0.5, 0.6) is 0 Å². The molecule has 0 radical (unpaired) electrons. The van der Waals surface area contributed by atoms with E-state index in [0.29, 0.717) is 22.8 Å². The summed E-state index contributed by atoms with van der Waals surface area (Å²) in [4.78, 5) is 25.8. The lowest BCUT2D eigenvalue weighted by Crippen LogP contribution is -2.12. The molecule has 1 amide bonds. The molecule has 34 heavy (non-hydrogen) atoms. The van der Waals surface area contributed by atoms with Gasteiger partial charge >= 0.3 is 0 Å². The predicted octanol–water partition coefficient (Wildman–Crippen LogP) is 4.53. The first-order valence-electron chi connectivity index (χ1n) is 10.5. The van der Waals surface area contributed by atoms with Crippen LogP contribution in [0.25, 0.3) is 11.3 Å². The highest BCUT2D eigenvalue weighted by molar-refractivity contribution is 7.78. The topological polar surface area (TPSA) is 120 Å². The molecule has 9 heteroatoms. The molecule has 0 aliphatic rings. The number of carbonyl (C=O) groups is 1. The lowest BCUT2D eigenvalue weighted by Gasteiger charge is -2.12. The number of anilines is 3. The van der Waals surface area contributed by atoms with Gasteiger partial charge < -0.3 is 15.2 Å². The maximum absolute atomic E-state index is 12.6. The smallest absolute Gasteiger partial charge is 0.255 e. The van der Waals surface area contributed by atoms with Crippen LogP contribution in [0.15, 0.2) is 73.2 Å². The standard InChI is InChI=1S/C25H23N5O3S/c1-16-11-20(14-26-13-16)22-9-10-27-25(29-22)30-23-12-21(8-3-17(23)2)28-24(31)19-6-4-18(5-7-19)15-34(32)33/h3-14H,15H2,1-2H3,(H,28,31)(H,32,33)(H,27,29,30)/p-1. The van der Waals surface area contributed by atoms with E-state index in [1.165, 1.54) is 0 Å². The number of hydrogen-bond acceptors (Lipinski definition) is 7. The molecule has 2 N–H and O–H groups in total. The molecule has 4 aromatic rings. The van der Waals surface area contributed by atoms with Gasteiger partial charge in [-0.3, -0.25) is 14.0 Å². The third kappa shape index (κ3) is 5.89. The minimum atomic E-state index is -2.17. The number of nitrogens with zero attached hydrogens (tertiary/aromatic N) is 3. The Bertz CT molecular complexity index is 1360. The van der Waals surface area contributed by atoms with Crippen molar-refractivity contribution >= 4 is 34.3 Å². The van der Waals surface area contributed by atoms with Crippen molar-refractivity contribution in [1.82, 2.24) is 15.0 Å². The molecule has 2 aromatic heterocycles. The zero-order chi connectivity index (χ0) is 24.1. The molecule has 1 unspecified atom stereocenters. The molecule has 4 rings (SSSR count). The van der Waals surface area contributed by atoms with Gasteiger partial charge in [-0.1, -0.05) is 29.3 Å². The van der Waals surface area contributed by atoms with Gasteiger partial charge in [-0.25, -0.2) is 9.97 Å². The van der Waals surface area contributed by atoms with E-state index in [1.54, 1.807) is 42.9 Å². The van der Waals surface area contributed by atoms with Gasteiger partial charge in [0.05, 0.1) is 5.69 Å². The van der Waals surface area contributed by atoms with E-state index in [-0.39, 0.29) is 11.7 Å². The average Bonchev–Trinajstić information content (AvgIpc) is 2.81. The number of aromatic nitrogens is 3. The Kier molecular flexibility index (Phi) is 7.05. The van der Waals surface area contributed by atoms with Crippen LogP contribution in [0.4, 0.5) is 17.3 Å². The summed E-state index contributed by atoms with van der Waals surface area (Å²) in [6.45, 7) is 3.92. The summed E-state index contributed by atoms with van der Waals surface area (Å²) in [6, 6.07) is 15.8. The van der Waals surface area contributed by atoms with Crippen molar-refractivity contribution in [3.8, 4) is 11.3 Å². The third-order valence-electron chi connectivity index (χ3n) is 5.07. The van der Waals surface area contributed by atoms with E-state index in [2.05, 4.69) is 25.6 Å². The molecule has 0 aliphatic carbocycles. The number of aryl methyl sites for hydroxylation is 2. The molecule has 0 aliphatic heterocycles. The quantitative estimate of drug-likeness (QED) is 0.379. The van der Waals surface area contributed by atoms with E-state index in [0.717, 1.165) is 28.1 Å². The lowest BCUT2D eigenvalue weighted by atomic mass is 10.1. The molecule has 0 spiro atoms. The van der Waals surface area contributed by atoms with Crippen LogP contribution >= 0.6 is 0 Å². The number of rotatable bonds is 7. The van der Waals surface area contributed by atoms with Crippen LogP contribution in [0.3, 0.4) is 0 Å². The summed E-state index contributed by atoms with van der Waals surface area (Å²) in [6.07, 6.45) is 5.23. The van der Waals surface area contributed by atoms with Crippen molar-refractivity contribution in [3.05, 3.63) is 95.4 Å². The lowest BCUT2D eigenvalue weighted by molar-refractivity contribution is 0.102.